The molecule has 1 saturated carbocycles. The van der Waals surface area contributed by atoms with Gasteiger partial charge in [0.25, 0.3) is 0 Å². The first-order chi connectivity index (χ1) is 12.8. The molecule has 0 bridgehead atoms. The molecule has 7 nitrogen and oxygen atoms in total. The van der Waals surface area contributed by atoms with Gasteiger partial charge in [-0.3, -0.25) is 0 Å². The van der Waals surface area contributed by atoms with Gasteiger partial charge in [0.05, 0.1) is 17.1 Å². The molecule has 2 aromatic carbocycles. The highest BCUT2D eigenvalue weighted by Crippen LogP contribution is 2.42. The van der Waals surface area contributed by atoms with E-state index in [0.29, 0.717) is 0 Å². The maximum atomic E-state index is 6.07. The van der Waals surface area contributed by atoms with Crippen molar-refractivity contribution in [3.8, 4) is 0 Å². The third-order valence-electron chi connectivity index (χ3n) is 5.50. The molecule has 1 fully saturated rings. The fourth-order valence-corrected chi connectivity index (χ4v) is 4.19. The van der Waals surface area contributed by atoms with Crippen LogP contribution < -0.4 is 0 Å². The van der Waals surface area contributed by atoms with E-state index in [2.05, 4.69) is 26.7 Å². The van der Waals surface area contributed by atoms with Crippen LogP contribution in [0.1, 0.15) is 31.7 Å². The van der Waals surface area contributed by atoms with Crippen LogP contribution in [0.25, 0.3) is 22.1 Å². The number of aromatic nitrogens is 6. The normalized spacial score (nSPS) is 23.7. The second-order valence-corrected chi connectivity index (χ2v) is 6.91. The summed E-state index contributed by atoms with van der Waals surface area (Å²) in [5, 5.41) is 17.5. The first-order valence-corrected chi connectivity index (χ1v) is 8.97. The van der Waals surface area contributed by atoms with Crippen molar-refractivity contribution in [2.24, 2.45) is 0 Å². The molecule has 2 aromatic heterocycles. The highest BCUT2D eigenvalue weighted by molar-refractivity contribution is 5.74. The van der Waals surface area contributed by atoms with Crippen molar-refractivity contribution < 1.29 is 4.74 Å². The minimum Gasteiger partial charge on any atom is -0.357 e. The molecule has 1 aliphatic rings. The Labute approximate surface area is 150 Å². The summed E-state index contributed by atoms with van der Waals surface area (Å²) < 4.78 is 10.1. The third-order valence-corrected chi connectivity index (χ3v) is 5.50. The standard InChI is InChI=1S/C19H20N6O/c1-26-19(25-18-11-5-3-9-16(18)21-23-25)12-6-7-14(13-19)24-17-10-4-2-8-15(17)20-22-24/h2-5,8-11,14H,6-7,12-13H2,1H3. The Morgan fingerprint density at radius 1 is 0.962 bits per heavy atom. The molecule has 0 N–H and O–H groups in total. The van der Waals surface area contributed by atoms with Crippen LogP contribution >= 0.6 is 0 Å². The summed E-state index contributed by atoms with van der Waals surface area (Å²) in [6, 6.07) is 16.3. The fraction of sp³-hybridized carbons (Fsp3) is 0.368. The quantitative estimate of drug-likeness (QED) is 0.568. The smallest absolute Gasteiger partial charge is 0.164 e. The summed E-state index contributed by atoms with van der Waals surface area (Å²) in [7, 11) is 1.76. The van der Waals surface area contributed by atoms with Crippen molar-refractivity contribution in [2.75, 3.05) is 7.11 Å². The van der Waals surface area contributed by atoms with Crippen molar-refractivity contribution in [2.45, 2.75) is 37.5 Å². The zero-order chi connectivity index (χ0) is 17.6. The summed E-state index contributed by atoms with van der Waals surface area (Å²) in [6.45, 7) is 0. The van der Waals surface area contributed by atoms with Gasteiger partial charge in [0, 0.05) is 13.5 Å². The summed E-state index contributed by atoms with van der Waals surface area (Å²) >= 11 is 0. The molecule has 1 aliphatic carbocycles. The molecule has 2 atom stereocenters. The molecular weight excluding hydrogens is 328 g/mol. The Morgan fingerprint density at radius 3 is 2.46 bits per heavy atom. The maximum Gasteiger partial charge on any atom is 0.164 e. The van der Waals surface area contributed by atoms with Gasteiger partial charge in [0.15, 0.2) is 5.72 Å². The van der Waals surface area contributed by atoms with E-state index in [-0.39, 0.29) is 6.04 Å². The molecule has 0 saturated heterocycles. The summed E-state index contributed by atoms with van der Waals surface area (Å²) in [5.74, 6) is 0. The van der Waals surface area contributed by atoms with Gasteiger partial charge in [-0.25, -0.2) is 9.36 Å². The third kappa shape index (κ3) is 2.24. The topological polar surface area (TPSA) is 70.7 Å². The van der Waals surface area contributed by atoms with Crippen LogP contribution in [0, 0.1) is 0 Å². The van der Waals surface area contributed by atoms with Gasteiger partial charge in [-0.1, -0.05) is 34.7 Å². The van der Waals surface area contributed by atoms with E-state index in [4.69, 9.17) is 4.74 Å². The van der Waals surface area contributed by atoms with Crippen molar-refractivity contribution in [3.63, 3.8) is 0 Å². The van der Waals surface area contributed by atoms with Crippen molar-refractivity contribution in [1.29, 1.82) is 0 Å². The van der Waals surface area contributed by atoms with Crippen LogP contribution in [0.2, 0.25) is 0 Å². The lowest BCUT2D eigenvalue weighted by Crippen LogP contribution is -2.42. The van der Waals surface area contributed by atoms with Gasteiger partial charge in [0.2, 0.25) is 0 Å². The number of hydrogen-bond acceptors (Lipinski definition) is 5. The van der Waals surface area contributed by atoms with E-state index in [1.807, 2.05) is 51.8 Å². The van der Waals surface area contributed by atoms with Crippen LogP contribution in [0.5, 0.6) is 0 Å². The lowest BCUT2D eigenvalue weighted by molar-refractivity contribution is -0.123. The van der Waals surface area contributed by atoms with Crippen LogP contribution in [0.15, 0.2) is 48.5 Å². The van der Waals surface area contributed by atoms with E-state index in [1.54, 1.807) is 7.11 Å². The van der Waals surface area contributed by atoms with Crippen LogP contribution in [-0.4, -0.2) is 37.1 Å². The SMILES string of the molecule is COC1(n2nnc3ccccc32)CCCC(n2nnc3ccccc32)C1. The Hall–Kier alpha value is -2.80. The van der Waals surface area contributed by atoms with Gasteiger partial charge in [0.1, 0.15) is 11.0 Å². The van der Waals surface area contributed by atoms with Crippen LogP contribution in [0.4, 0.5) is 0 Å². The molecule has 26 heavy (non-hydrogen) atoms. The van der Waals surface area contributed by atoms with E-state index < -0.39 is 5.72 Å². The molecular formula is C19H20N6O. The lowest BCUT2D eigenvalue weighted by atomic mass is 9.87. The first kappa shape index (κ1) is 15.5. The Morgan fingerprint density at radius 2 is 1.65 bits per heavy atom. The van der Waals surface area contributed by atoms with Gasteiger partial charge in [-0.05, 0) is 43.5 Å². The minimum absolute atomic E-state index is 0.207. The monoisotopic (exact) mass is 348 g/mol. The highest BCUT2D eigenvalue weighted by atomic mass is 16.5. The molecule has 7 heteroatoms. The number of benzene rings is 2. The zero-order valence-electron chi connectivity index (χ0n) is 14.6. The minimum atomic E-state index is -0.522. The predicted octanol–water partition coefficient (Wildman–Crippen LogP) is 3.29. The van der Waals surface area contributed by atoms with Crippen molar-refractivity contribution >= 4 is 22.1 Å². The van der Waals surface area contributed by atoms with Gasteiger partial charge < -0.3 is 4.74 Å². The number of fused-ring (bicyclic) bond motifs is 2. The number of ether oxygens (including phenoxy) is 1. The molecule has 0 aliphatic heterocycles. The Bertz CT molecular complexity index is 1070. The van der Waals surface area contributed by atoms with Crippen LogP contribution in [-0.2, 0) is 10.5 Å². The average Bonchev–Trinajstić information content (AvgIpc) is 3.32. The molecule has 0 spiro atoms. The van der Waals surface area contributed by atoms with Gasteiger partial charge in [-0.15, -0.1) is 10.2 Å². The molecule has 0 radical (unpaired) electrons. The predicted molar refractivity (Wildman–Crippen MR) is 97.5 cm³/mol. The maximum absolute atomic E-state index is 6.07. The van der Waals surface area contributed by atoms with Crippen molar-refractivity contribution in [3.05, 3.63) is 48.5 Å². The zero-order valence-corrected chi connectivity index (χ0v) is 14.6. The lowest BCUT2D eigenvalue weighted by Gasteiger charge is -2.39. The van der Waals surface area contributed by atoms with Crippen LogP contribution in [0.3, 0.4) is 0 Å². The second kappa shape index (κ2) is 5.88. The number of hydrogen-bond donors (Lipinski definition) is 0. The molecule has 132 valence electrons. The molecule has 4 aromatic rings. The Balaban J connectivity index is 1.58. The summed E-state index contributed by atoms with van der Waals surface area (Å²) in [6.07, 6.45) is 3.76. The summed E-state index contributed by atoms with van der Waals surface area (Å²) in [4.78, 5) is 0. The molecule has 5 rings (SSSR count). The van der Waals surface area contributed by atoms with E-state index in [9.17, 15) is 0 Å². The summed E-state index contributed by atoms with van der Waals surface area (Å²) in [5.41, 5.74) is 3.35. The van der Waals surface area contributed by atoms with Crippen molar-refractivity contribution in [1.82, 2.24) is 30.0 Å². The Kier molecular flexibility index (Phi) is 3.49. The largest absolute Gasteiger partial charge is 0.357 e. The van der Waals surface area contributed by atoms with Gasteiger partial charge in [-0.2, -0.15) is 0 Å². The van der Waals surface area contributed by atoms with E-state index in [1.165, 1.54) is 0 Å². The fourth-order valence-electron chi connectivity index (χ4n) is 4.19. The van der Waals surface area contributed by atoms with E-state index >= 15 is 0 Å². The number of methoxy groups -OCH3 is 1. The first-order valence-electron chi connectivity index (χ1n) is 8.97. The number of para-hydroxylation sites is 2. The molecule has 2 unspecified atom stereocenters. The highest BCUT2D eigenvalue weighted by Gasteiger charge is 2.41. The molecule has 0 amide bonds. The average molecular weight is 348 g/mol. The molecule has 2 heterocycles. The van der Waals surface area contributed by atoms with E-state index in [0.717, 1.165) is 47.8 Å². The number of rotatable bonds is 3. The number of nitrogens with zero attached hydrogens (tertiary/aromatic N) is 6. The second-order valence-electron chi connectivity index (χ2n) is 6.91. The van der Waals surface area contributed by atoms with Gasteiger partial charge >= 0.3 is 0 Å².